The van der Waals surface area contributed by atoms with E-state index in [1.807, 2.05) is 27.7 Å². The van der Waals surface area contributed by atoms with Crippen LogP contribution in [0.1, 0.15) is 168 Å². The molecule has 0 aromatic carbocycles. The van der Waals surface area contributed by atoms with Crippen molar-refractivity contribution >= 4 is 17.9 Å². The molecule has 316 valence electrons. The molecule has 13 atom stereocenters. The highest BCUT2D eigenvalue weighted by molar-refractivity contribution is 5.78. The largest absolute Gasteiger partial charge is 0.481 e. The Bertz CT molecular complexity index is 1010. The Balaban J connectivity index is 0. The number of carboxylic acids is 1. The number of hydrogen-bond acceptors (Lipinski definition) is 8. The van der Waals surface area contributed by atoms with Gasteiger partial charge in [0.15, 0.2) is 0 Å². The highest BCUT2D eigenvalue weighted by Gasteiger charge is 2.63. The first-order chi connectivity index (χ1) is 23.3. The Morgan fingerprint density at radius 2 is 1.23 bits per heavy atom. The van der Waals surface area contributed by atoms with E-state index in [0.717, 1.165) is 62.2 Å². The van der Waals surface area contributed by atoms with Gasteiger partial charge in [-0.1, -0.05) is 83.1 Å². The third-order valence-corrected chi connectivity index (χ3v) is 12.8. The third-order valence-electron chi connectivity index (χ3n) is 12.8. The summed E-state index contributed by atoms with van der Waals surface area (Å²) >= 11 is 0. The van der Waals surface area contributed by atoms with Crippen LogP contribution >= 0.6 is 0 Å². The van der Waals surface area contributed by atoms with Crippen LogP contribution in [-0.4, -0.2) is 71.4 Å². The number of carboxylic acid groups (broad SMARTS) is 1. The van der Waals surface area contributed by atoms with Crippen LogP contribution < -0.4 is 0 Å². The minimum atomic E-state index is -0.833. The summed E-state index contributed by atoms with van der Waals surface area (Å²) < 4.78 is 16.8. The topological polar surface area (TPSA) is 140 Å². The van der Waals surface area contributed by atoms with Crippen molar-refractivity contribution in [3.63, 3.8) is 0 Å². The molecule has 0 spiro atoms. The van der Waals surface area contributed by atoms with Gasteiger partial charge < -0.3 is 29.5 Å². The quantitative estimate of drug-likeness (QED) is 0.0951. The third kappa shape index (κ3) is 14.1. The van der Waals surface area contributed by atoms with Gasteiger partial charge in [-0.05, 0) is 125 Å². The van der Waals surface area contributed by atoms with E-state index < -0.39 is 23.6 Å². The lowest BCUT2D eigenvalue weighted by Crippen LogP contribution is -2.39. The smallest absolute Gasteiger partial charge is 0.311 e. The van der Waals surface area contributed by atoms with Gasteiger partial charge in [-0.2, -0.15) is 0 Å². The Hall–Kier alpha value is -1.71. The van der Waals surface area contributed by atoms with E-state index >= 15 is 0 Å². The van der Waals surface area contributed by atoms with Gasteiger partial charge in [0.1, 0.15) is 12.7 Å². The number of esters is 2. The Morgan fingerprint density at radius 1 is 0.736 bits per heavy atom. The fraction of sp³-hybridized carbons (Fsp3) is 0.932. The van der Waals surface area contributed by atoms with Crippen LogP contribution in [0.3, 0.4) is 0 Å². The fourth-order valence-electron chi connectivity index (χ4n) is 10.3. The van der Waals surface area contributed by atoms with Gasteiger partial charge in [-0.25, -0.2) is 0 Å². The SMILES string of the molecule is C.C.C.C.CC(=O)O.CCCCCC.CCOCCOC(=O)C(C)(CC)CC(C)C(=O)OC1CC2CC1C1C3CCC(C3)C21.OC1C2CCC(C2)C1O. The molecule has 0 saturated heterocycles. The summed E-state index contributed by atoms with van der Waals surface area (Å²) in [5.41, 5.74) is -0.672. The first kappa shape index (κ1) is 53.4. The summed E-state index contributed by atoms with van der Waals surface area (Å²) in [5, 5.41) is 25.9. The number of carbonyl (C=O) groups is 3. The highest BCUT2D eigenvalue weighted by Crippen LogP contribution is 2.67. The second kappa shape index (κ2) is 25.4. The lowest BCUT2D eigenvalue weighted by Gasteiger charge is -2.38. The monoisotopic (exact) mass is 759 g/mol. The second-order valence-corrected chi connectivity index (χ2v) is 16.3. The molecule has 0 heterocycles. The molecule has 3 N–H and O–H groups in total. The lowest BCUT2D eigenvalue weighted by atomic mass is 9.70. The number of hydrogen-bond donors (Lipinski definition) is 3. The minimum absolute atomic E-state index is 0. The molecule has 0 radical (unpaired) electrons. The molecule has 6 fully saturated rings. The van der Waals surface area contributed by atoms with Crippen molar-refractivity contribution in [2.24, 2.45) is 58.7 Å². The maximum atomic E-state index is 12.9. The van der Waals surface area contributed by atoms with Crippen molar-refractivity contribution in [3.05, 3.63) is 0 Å². The summed E-state index contributed by atoms with van der Waals surface area (Å²) in [4.78, 5) is 34.6. The van der Waals surface area contributed by atoms with Crippen molar-refractivity contribution in [2.75, 3.05) is 19.8 Å². The van der Waals surface area contributed by atoms with Gasteiger partial charge in [0.05, 0.1) is 30.1 Å². The number of aliphatic hydroxyl groups excluding tert-OH is 2. The molecule has 6 bridgehead atoms. The van der Waals surface area contributed by atoms with Crippen LogP contribution in [0.2, 0.25) is 0 Å². The molecule has 9 nitrogen and oxygen atoms in total. The number of aliphatic hydroxyl groups is 2. The summed E-state index contributed by atoms with van der Waals surface area (Å²) in [5.74, 6) is 4.31. The standard InChI is InChI=1S/C25H40O5.C7H12O2.C6H14.C2H4O2.4CH4/c1-5-25(4,24(27)29-10-9-28-6-2)14-15(3)23(26)30-20-13-18-12-19(20)22-17-8-7-16(11-17)21(18)22;8-6-4-1-2-5(3-4)7(6)9;1-3-5-6-4-2;1-2(3)4;;;;/h15-22H,5-14H2,1-4H3;4-9H,1-3H2;3-6H2,1-2H3;1H3,(H,3,4);4*1H4. The molecule has 6 saturated carbocycles. The van der Waals surface area contributed by atoms with Crippen LogP contribution in [0, 0.1) is 58.7 Å². The Morgan fingerprint density at radius 3 is 1.68 bits per heavy atom. The molecule has 6 rings (SSSR count). The van der Waals surface area contributed by atoms with Crippen molar-refractivity contribution < 1.29 is 43.9 Å². The van der Waals surface area contributed by atoms with Crippen molar-refractivity contribution in [1.82, 2.24) is 0 Å². The first-order valence-electron chi connectivity index (χ1n) is 19.8. The number of carbonyl (C=O) groups excluding carboxylic acids is 2. The summed E-state index contributed by atoms with van der Waals surface area (Å²) in [6, 6.07) is 0. The zero-order valence-electron chi connectivity index (χ0n) is 31.7. The van der Waals surface area contributed by atoms with Gasteiger partial charge in [0.25, 0.3) is 5.97 Å². The summed E-state index contributed by atoms with van der Waals surface area (Å²) in [7, 11) is 0. The van der Waals surface area contributed by atoms with Gasteiger partial charge in [0, 0.05) is 13.5 Å². The van der Waals surface area contributed by atoms with E-state index in [1.54, 1.807) is 0 Å². The number of rotatable bonds is 13. The molecule has 0 aromatic heterocycles. The van der Waals surface area contributed by atoms with Crippen LogP contribution in [-0.2, 0) is 28.6 Å². The maximum Gasteiger partial charge on any atom is 0.311 e. The van der Waals surface area contributed by atoms with E-state index in [1.165, 1.54) is 51.4 Å². The summed E-state index contributed by atoms with van der Waals surface area (Å²) in [6.45, 7) is 14.5. The van der Waals surface area contributed by atoms with Crippen LogP contribution in [0.25, 0.3) is 0 Å². The zero-order chi connectivity index (χ0) is 36.3. The van der Waals surface area contributed by atoms with Crippen LogP contribution in [0.15, 0.2) is 0 Å². The molecule has 9 heteroatoms. The van der Waals surface area contributed by atoms with Gasteiger partial charge >= 0.3 is 11.9 Å². The van der Waals surface area contributed by atoms with Crippen LogP contribution in [0.5, 0.6) is 0 Å². The van der Waals surface area contributed by atoms with E-state index in [2.05, 4.69) is 13.8 Å². The molecule has 53 heavy (non-hydrogen) atoms. The molecule has 0 amide bonds. The van der Waals surface area contributed by atoms with E-state index in [0.29, 0.717) is 43.8 Å². The molecule has 6 aliphatic carbocycles. The average molecular weight is 759 g/mol. The van der Waals surface area contributed by atoms with Crippen LogP contribution in [0.4, 0.5) is 0 Å². The highest BCUT2D eigenvalue weighted by atomic mass is 16.6. The van der Waals surface area contributed by atoms with Crippen molar-refractivity contribution in [3.8, 4) is 0 Å². The Labute approximate surface area is 326 Å². The van der Waals surface area contributed by atoms with Crippen molar-refractivity contribution in [1.29, 1.82) is 0 Å². The van der Waals surface area contributed by atoms with E-state index in [-0.39, 0.29) is 60.3 Å². The lowest BCUT2D eigenvalue weighted by molar-refractivity contribution is -0.163. The average Bonchev–Trinajstić information content (AvgIpc) is 3.93. The molecule has 0 aromatic rings. The molecular weight excluding hydrogens is 672 g/mol. The molecule has 13 unspecified atom stereocenters. The normalized spacial score (nSPS) is 33.1. The maximum absolute atomic E-state index is 12.9. The number of fused-ring (bicyclic) bond motifs is 11. The van der Waals surface area contributed by atoms with E-state index in [4.69, 9.17) is 24.1 Å². The number of aliphatic carboxylic acids is 1. The second-order valence-electron chi connectivity index (χ2n) is 16.3. The van der Waals surface area contributed by atoms with E-state index in [9.17, 15) is 19.8 Å². The predicted molar refractivity (Wildman–Crippen MR) is 216 cm³/mol. The number of ether oxygens (including phenoxy) is 3. The molecule has 6 aliphatic rings. The first-order valence-corrected chi connectivity index (χ1v) is 19.8. The minimum Gasteiger partial charge on any atom is -0.481 e. The zero-order valence-corrected chi connectivity index (χ0v) is 31.7. The Kier molecular flexibility index (Phi) is 25.6. The van der Waals surface area contributed by atoms with Gasteiger partial charge in [-0.15, -0.1) is 0 Å². The molecular formula is C44H86O9. The van der Waals surface area contributed by atoms with Crippen molar-refractivity contribution in [2.45, 2.75) is 186 Å². The fourth-order valence-corrected chi connectivity index (χ4v) is 10.3. The number of unbranched alkanes of at least 4 members (excludes halogenated alkanes) is 3. The van der Waals surface area contributed by atoms with Gasteiger partial charge in [0.2, 0.25) is 0 Å². The summed E-state index contributed by atoms with van der Waals surface area (Å²) in [6.07, 6.45) is 15.9. The predicted octanol–water partition coefficient (Wildman–Crippen LogP) is 9.98. The molecule has 0 aliphatic heterocycles. The van der Waals surface area contributed by atoms with Gasteiger partial charge in [-0.3, -0.25) is 14.4 Å².